The van der Waals surface area contributed by atoms with Crippen molar-refractivity contribution in [1.82, 2.24) is 10.2 Å². The molecule has 1 aromatic heterocycles. The molecule has 0 unspecified atom stereocenters. The van der Waals surface area contributed by atoms with Gasteiger partial charge in [0, 0.05) is 5.56 Å². The van der Waals surface area contributed by atoms with Gasteiger partial charge in [0.15, 0.2) is 5.82 Å². The number of nitrogen functional groups attached to an aromatic ring is 1. The molecule has 0 atom stereocenters. The molecule has 0 aliphatic carbocycles. The molecule has 1 heterocycles. The van der Waals surface area contributed by atoms with E-state index in [2.05, 4.69) is 10.2 Å². The van der Waals surface area contributed by atoms with Crippen LogP contribution in [0.3, 0.4) is 0 Å². The highest BCUT2D eigenvalue weighted by molar-refractivity contribution is 8.04. The molecule has 0 saturated carbocycles. The van der Waals surface area contributed by atoms with Crippen molar-refractivity contribution in [3.05, 3.63) is 24.3 Å². The highest BCUT2D eigenvalue weighted by atomic mass is 32.2. The van der Waals surface area contributed by atoms with Crippen LogP contribution in [-0.4, -0.2) is 17.3 Å². The molecule has 86 valence electrons. The van der Waals surface area contributed by atoms with Crippen molar-refractivity contribution in [3.8, 4) is 22.4 Å². The van der Waals surface area contributed by atoms with Crippen LogP contribution in [0.15, 0.2) is 29.2 Å². The predicted octanol–water partition coefficient (Wildman–Crippen LogP) is 2.24. The number of thioether (sulfide) groups is 1. The summed E-state index contributed by atoms with van der Waals surface area (Å²) < 4.78 is 5.08. The Balaban J connectivity index is 2.42. The van der Waals surface area contributed by atoms with E-state index in [1.807, 2.05) is 29.7 Å². The van der Waals surface area contributed by atoms with E-state index >= 15 is 0 Å². The number of aromatic amines is 1. The van der Waals surface area contributed by atoms with Gasteiger partial charge < -0.3 is 10.5 Å². The maximum Gasteiger partial charge on any atom is 0.160 e. The largest absolute Gasteiger partial charge is 0.497 e. The van der Waals surface area contributed by atoms with E-state index in [1.54, 1.807) is 7.11 Å². The Labute approximate surface area is 103 Å². The Hall–Kier alpha value is -2.13. The molecule has 5 nitrogen and oxygen atoms in total. The minimum atomic E-state index is 0.336. The number of hydrogen-bond donors (Lipinski definition) is 2. The molecular weight excluding hydrogens is 236 g/mol. The highest BCUT2D eigenvalue weighted by Gasteiger charge is 2.13. The zero-order valence-electron chi connectivity index (χ0n) is 9.10. The molecule has 0 amide bonds. The standard InChI is InChI=1S/C11H10N4OS/c1-16-8-4-2-7(3-5-8)9-10(17-6-12)11(13)15-14-9/h2-5H,1H3,(H3,13,14,15). The average Bonchev–Trinajstić information content (AvgIpc) is 2.72. The van der Waals surface area contributed by atoms with Crippen LogP contribution in [-0.2, 0) is 0 Å². The lowest BCUT2D eigenvalue weighted by Crippen LogP contribution is -1.86. The van der Waals surface area contributed by atoms with Crippen molar-refractivity contribution in [3.63, 3.8) is 0 Å². The Bertz CT molecular complexity index is 556. The summed E-state index contributed by atoms with van der Waals surface area (Å²) in [5, 5.41) is 17.4. The summed E-state index contributed by atoms with van der Waals surface area (Å²) in [5.41, 5.74) is 7.34. The van der Waals surface area contributed by atoms with Gasteiger partial charge in [-0.05, 0) is 36.0 Å². The zero-order valence-corrected chi connectivity index (χ0v) is 9.91. The number of methoxy groups -OCH3 is 1. The highest BCUT2D eigenvalue weighted by Crippen LogP contribution is 2.33. The van der Waals surface area contributed by atoms with Crippen LogP contribution in [0.4, 0.5) is 5.82 Å². The second-order valence-electron chi connectivity index (χ2n) is 3.23. The van der Waals surface area contributed by atoms with Gasteiger partial charge in [-0.2, -0.15) is 10.4 Å². The summed E-state index contributed by atoms with van der Waals surface area (Å²) in [6, 6.07) is 7.45. The fraction of sp³-hybridized carbons (Fsp3) is 0.0909. The quantitative estimate of drug-likeness (QED) is 0.640. The second kappa shape index (κ2) is 4.80. The fourth-order valence-corrected chi connectivity index (χ4v) is 1.96. The van der Waals surface area contributed by atoms with Crippen molar-refractivity contribution in [2.75, 3.05) is 12.8 Å². The van der Waals surface area contributed by atoms with Crippen molar-refractivity contribution >= 4 is 17.6 Å². The number of H-pyrrole nitrogens is 1. The topological polar surface area (TPSA) is 87.7 Å². The lowest BCUT2D eigenvalue weighted by atomic mass is 10.1. The number of rotatable bonds is 3. The molecule has 0 saturated heterocycles. The Kier molecular flexibility index (Phi) is 3.21. The first-order chi connectivity index (χ1) is 8.26. The van der Waals surface area contributed by atoms with Crippen LogP contribution in [0, 0.1) is 10.7 Å². The lowest BCUT2D eigenvalue weighted by molar-refractivity contribution is 0.415. The third-order valence-electron chi connectivity index (χ3n) is 2.27. The molecule has 17 heavy (non-hydrogen) atoms. The van der Waals surface area contributed by atoms with Crippen molar-refractivity contribution in [2.24, 2.45) is 0 Å². The molecule has 0 radical (unpaired) electrons. The van der Waals surface area contributed by atoms with E-state index in [0.29, 0.717) is 10.7 Å². The molecule has 1 aromatic carbocycles. The van der Waals surface area contributed by atoms with Crippen LogP contribution in [0.2, 0.25) is 0 Å². The van der Waals surface area contributed by atoms with Gasteiger partial charge in [-0.3, -0.25) is 5.10 Å². The number of anilines is 1. The van der Waals surface area contributed by atoms with Crippen LogP contribution >= 0.6 is 11.8 Å². The minimum Gasteiger partial charge on any atom is -0.497 e. The number of benzene rings is 1. The third kappa shape index (κ3) is 2.19. The number of thiocyanates is 1. The van der Waals surface area contributed by atoms with Gasteiger partial charge >= 0.3 is 0 Å². The van der Waals surface area contributed by atoms with Gasteiger partial charge in [0.25, 0.3) is 0 Å². The van der Waals surface area contributed by atoms with Crippen molar-refractivity contribution < 1.29 is 4.74 Å². The zero-order chi connectivity index (χ0) is 12.3. The minimum absolute atomic E-state index is 0.336. The number of aromatic nitrogens is 2. The van der Waals surface area contributed by atoms with Gasteiger partial charge in [-0.25, -0.2) is 0 Å². The summed E-state index contributed by atoms with van der Waals surface area (Å²) in [4.78, 5) is 0.651. The van der Waals surface area contributed by atoms with E-state index in [0.717, 1.165) is 28.8 Å². The van der Waals surface area contributed by atoms with Gasteiger partial charge in [0.2, 0.25) is 0 Å². The van der Waals surface area contributed by atoms with Crippen molar-refractivity contribution in [2.45, 2.75) is 4.90 Å². The molecule has 0 bridgehead atoms. The first kappa shape index (κ1) is 11.4. The molecule has 0 aliphatic heterocycles. The molecular formula is C11H10N4OS. The smallest absolute Gasteiger partial charge is 0.160 e. The van der Waals surface area contributed by atoms with Crippen LogP contribution in [0.5, 0.6) is 5.75 Å². The maximum absolute atomic E-state index is 8.71. The number of hydrogen-bond acceptors (Lipinski definition) is 5. The third-order valence-corrected chi connectivity index (χ3v) is 2.98. The lowest BCUT2D eigenvalue weighted by Gasteiger charge is -2.02. The van der Waals surface area contributed by atoms with Gasteiger partial charge in [-0.1, -0.05) is 0 Å². The van der Waals surface area contributed by atoms with Crippen LogP contribution in [0.1, 0.15) is 0 Å². The average molecular weight is 246 g/mol. The van der Waals surface area contributed by atoms with Gasteiger partial charge in [0.1, 0.15) is 11.2 Å². The normalized spacial score (nSPS) is 9.88. The Morgan fingerprint density at radius 3 is 2.71 bits per heavy atom. The van der Waals surface area contributed by atoms with E-state index in [9.17, 15) is 0 Å². The van der Waals surface area contributed by atoms with Crippen molar-refractivity contribution in [1.29, 1.82) is 5.26 Å². The summed E-state index contributed by atoms with van der Waals surface area (Å²) in [6.07, 6.45) is 0. The summed E-state index contributed by atoms with van der Waals surface area (Å²) in [7, 11) is 1.61. The maximum atomic E-state index is 8.71. The van der Waals surface area contributed by atoms with E-state index in [-0.39, 0.29) is 0 Å². The molecule has 0 fully saturated rings. The van der Waals surface area contributed by atoms with E-state index in [1.165, 1.54) is 0 Å². The number of nitriles is 1. The SMILES string of the molecule is COc1ccc(-c2[nH]nc(N)c2SC#N)cc1. The number of ether oxygens (including phenoxy) is 1. The molecule has 0 spiro atoms. The first-order valence-electron chi connectivity index (χ1n) is 4.80. The first-order valence-corrected chi connectivity index (χ1v) is 5.62. The van der Waals surface area contributed by atoms with E-state index in [4.69, 9.17) is 15.7 Å². The Morgan fingerprint density at radius 1 is 1.41 bits per heavy atom. The number of nitrogens with zero attached hydrogens (tertiary/aromatic N) is 2. The Morgan fingerprint density at radius 2 is 2.12 bits per heavy atom. The van der Waals surface area contributed by atoms with Crippen LogP contribution < -0.4 is 10.5 Å². The van der Waals surface area contributed by atoms with Gasteiger partial charge in [-0.15, -0.1) is 0 Å². The van der Waals surface area contributed by atoms with Crippen LogP contribution in [0.25, 0.3) is 11.3 Å². The summed E-state index contributed by atoms with van der Waals surface area (Å²) >= 11 is 0.996. The molecule has 2 rings (SSSR count). The molecule has 3 N–H and O–H groups in total. The molecule has 2 aromatic rings. The summed E-state index contributed by atoms with van der Waals surface area (Å²) in [5.74, 6) is 1.11. The second-order valence-corrected chi connectivity index (χ2v) is 4.03. The number of nitrogens with two attached hydrogens (primary N) is 1. The molecule has 6 heteroatoms. The summed E-state index contributed by atoms with van der Waals surface area (Å²) in [6.45, 7) is 0. The molecule has 0 aliphatic rings. The fourth-order valence-electron chi connectivity index (χ4n) is 1.45. The predicted molar refractivity (Wildman–Crippen MR) is 66.5 cm³/mol. The van der Waals surface area contributed by atoms with Gasteiger partial charge in [0.05, 0.1) is 17.7 Å². The monoisotopic (exact) mass is 246 g/mol. The van der Waals surface area contributed by atoms with E-state index < -0.39 is 0 Å². The number of nitrogens with one attached hydrogen (secondary N) is 1.